The monoisotopic (exact) mass is 422 g/mol. The predicted molar refractivity (Wildman–Crippen MR) is 116 cm³/mol. The molecule has 0 bridgehead atoms. The molecule has 5 nitrogen and oxygen atoms in total. The van der Waals surface area contributed by atoms with Gasteiger partial charge in [-0.2, -0.15) is 0 Å². The minimum absolute atomic E-state index is 0.0663. The maximum Gasteiger partial charge on any atom is 0.320 e. The van der Waals surface area contributed by atoms with Crippen molar-refractivity contribution in [3.63, 3.8) is 0 Å². The van der Waals surface area contributed by atoms with Gasteiger partial charge in [0.1, 0.15) is 11.6 Å². The van der Waals surface area contributed by atoms with Gasteiger partial charge in [-0.3, -0.25) is 0 Å². The van der Waals surface area contributed by atoms with E-state index in [1.165, 1.54) is 9.80 Å². The van der Waals surface area contributed by atoms with Crippen molar-refractivity contribution in [1.82, 2.24) is 9.80 Å². The van der Waals surface area contributed by atoms with Crippen LogP contribution in [0.25, 0.3) is 5.57 Å². The first-order valence-electron chi connectivity index (χ1n) is 9.95. The Morgan fingerprint density at radius 1 is 1.23 bits per heavy atom. The third-order valence-electron chi connectivity index (χ3n) is 4.85. The molecule has 0 aromatic heterocycles. The van der Waals surface area contributed by atoms with Gasteiger partial charge in [0, 0.05) is 25.7 Å². The highest BCUT2D eigenvalue weighted by Gasteiger charge is 2.25. The maximum absolute atomic E-state index is 14.3. The smallest absolute Gasteiger partial charge is 0.320 e. The average molecular weight is 423 g/mol. The third kappa shape index (κ3) is 7.39. The first-order valence-corrected chi connectivity index (χ1v) is 9.95. The Morgan fingerprint density at radius 3 is 2.50 bits per heavy atom. The van der Waals surface area contributed by atoms with Gasteiger partial charge in [0.25, 0.3) is 0 Å². The second kappa shape index (κ2) is 12.9. The van der Waals surface area contributed by atoms with Crippen LogP contribution in [0.3, 0.4) is 0 Å². The van der Waals surface area contributed by atoms with Crippen LogP contribution < -0.4 is 0 Å². The zero-order valence-electron chi connectivity index (χ0n) is 18.1. The molecular weight excluding hydrogens is 390 g/mol. The zero-order valence-corrected chi connectivity index (χ0v) is 18.1. The topological polar surface area (TPSA) is 64.0 Å². The SMILES string of the molecule is C/C=C(\CN(C/C(C)=C/C=C\CO)C(=O)N(C)C(CC)CO)c1cc(F)ccc1F. The fourth-order valence-electron chi connectivity index (χ4n) is 3.02. The molecule has 1 atom stereocenters. The van der Waals surface area contributed by atoms with E-state index in [2.05, 4.69) is 0 Å². The Morgan fingerprint density at radius 2 is 1.93 bits per heavy atom. The minimum atomic E-state index is -0.565. The Labute approximate surface area is 177 Å². The molecule has 2 amide bonds. The summed E-state index contributed by atoms with van der Waals surface area (Å²) in [5.41, 5.74) is 1.42. The van der Waals surface area contributed by atoms with E-state index >= 15 is 0 Å². The molecule has 0 heterocycles. The lowest BCUT2D eigenvalue weighted by Gasteiger charge is -2.33. The van der Waals surface area contributed by atoms with E-state index in [4.69, 9.17) is 5.11 Å². The lowest BCUT2D eigenvalue weighted by Crippen LogP contribution is -2.48. The summed E-state index contributed by atoms with van der Waals surface area (Å²) in [5.74, 6) is -1.12. The van der Waals surface area contributed by atoms with E-state index in [1.807, 2.05) is 13.8 Å². The number of hydrogen-bond donors (Lipinski definition) is 2. The Hall–Kier alpha value is -2.51. The number of aliphatic hydroxyl groups is 2. The summed E-state index contributed by atoms with van der Waals surface area (Å²) in [6.07, 6.45) is 7.27. The van der Waals surface area contributed by atoms with Crippen molar-refractivity contribution in [2.24, 2.45) is 0 Å². The van der Waals surface area contributed by atoms with Crippen LogP contribution >= 0.6 is 0 Å². The number of likely N-dealkylation sites (N-methyl/N-ethyl adjacent to an activating group) is 1. The largest absolute Gasteiger partial charge is 0.394 e. The van der Waals surface area contributed by atoms with E-state index in [0.29, 0.717) is 12.0 Å². The van der Waals surface area contributed by atoms with Gasteiger partial charge in [-0.1, -0.05) is 36.8 Å². The molecule has 1 aromatic rings. The molecule has 0 aliphatic rings. The first-order chi connectivity index (χ1) is 14.3. The second-order valence-electron chi connectivity index (χ2n) is 7.06. The van der Waals surface area contributed by atoms with Crippen molar-refractivity contribution in [2.45, 2.75) is 33.2 Å². The number of amides is 2. The van der Waals surface area contributed by atoms with Crippen LogP contribution in [0, 0.1) is 11.6 Å². The molecule has 30 heavy (non-hydrogen) atoms. The number of benzene rings is 1. The number of urea groups is 1. The van der Waals surface area contributed by atoms with E-state index in [-0.39, 0.29) is 43.9 Å². The number of rotatable bonds is 10. The standard InChI is InChI=1S/C23H32F2N2O3/c1-5-18(21-13-19(24)10-11-22(21)25)15-27(14-17(3)9-7-8-12-28)23(30)26(4)20(6-2)16-29/h5,7-11,13,20,28-29H,6,12,14-16H2,1-4H3/b8-7-,17-9+,18-5+. The number of allylic oxidation sites excluding steroid dienone is 3. The van der Waals surface area contributed by atoms with Crippen LogP contribution in [0.5, 0.6) is 0 Å². The number of carbonyl (C=O) groups is 1. The van der Waals surface area contributed by atoms with Crippen molar-refractivity contribution < 1.29 is 23.8 Å². The predicted octanol–water partition coefficient (Wildman–Crippen LogP) is 3.99. The first kappa shape index (κ1) is 25.5. The van der Waals surface area contributed by atoms with Crippen molar-refractivity contribution in [2.75, 3.05) is 33.4 Å². The highest BCUT2D eigenvalue weighted by atomic mass is 19.1. The van der Waals surface area contributed by atoms with Crippen LogP contribution in [-0.4, -0.2) is 65.4 Å². The number of aliphatic hydroxyl groups excluding tert-OH is 2. The second-order valence-corrected chi connectivity index (χ2v) is 7.06. The number of hydrogen-bond acceptors (Lipinski definition) is 3. The summed E-state index contributed by atoms with van der Waals surface area (Å²) >= 11 is 0. The van der Waals surface area contributed by atoms with Gasteiger partial charge in [-0.25, -0.2) is 13.6 Å². The van der Waals surface area contributed by atoms with Crippen molar-refractivity contribution in [3.05, 3.63) is 65.3 Å². The van der Waals surface area contributed by atoms with Crippen LogP contribution in [0.15, 0.2) is 48.1 Å². The van der Waals surface area contributed by atoms with Gasteiger partial charge in [0.15, 0.2) is 0 Å². The molecule has 0 saturated heterocycles. The van der Waals surface area contributed by atoms with Gasteiger partial charge >= 0.3 is 6.03 Å². The third-order valence-corrected chi connectivity index (χ3v) is 4.85. The molecule has 1 rings (SSSR count). The molecule has 0 radical (unpaired) electrons. The highest BCUT2D eigenvalue weighted by molar-refractivity contribution is 5.78. The fourth-order valence-corrected chi connectivity index (χ4v) is 3.02. The summed E-state index contributed by atoms with van der Waals surface area (Å²) in [5, 5.41) is 18.4. The summed E-state index contributed by atoms with van der Waals surface area (Å²) in [4.78, 5) is 16.2. The molecule has 166 valence electrons. The Bertz CT molecular complexity index is 787. The summed E-state index contributed by atoms with van der Waals surface area (Å²) in [7, 11) is 1.61. The molecule has 7 heteroatoms. The maximum atomic E-state index is 14.3. The lowest BCUT2D eigenvalue weighted by atomic mass is 10.0. The summed E-state index contributed by atoms with van der Waals surface area (Å²) in [6.45, 7) is 5.47. The van der Waals surface area contributed by atoms with E-state index in [1.54, 1.807) is 38.3 Å². The van der Waals surface area contributed by atoms with E-state index < -0.39 is 11.6 Å². The number of nitrogens with zero attached hydrogens (tertiary/aromatic N) is 2. The van der Waals surface area contributed by atoms with Crippen LogP contribution in [0.4, 0.5) is 13.6 Å². The quantitative estimate of drug-likeness (QED) is 0.561. The van der Waals surface area contributed by atoms with Crippen molar-refractivity contribution in [1.29, 1.82) is 0 Å². The van der Waals surface area contributed by atoms with E-state index in [9.17, 15) is 18.7 Å². The molecular formula is C23H32F2N2O3. The normalized spacial score (nSPS) is 13.6. The molecule has 0 spiro atoms. The number of carbonyl (C=O) groups excluding carboxylic acids is 1. The van der Waals surface area contributed by atoms with Gasteiger partial charge in [-0.15, -0.1) is 0 Å². The Kier molecular flexibility index (Phi) is 11.0. The molecule has 1 aromatic carbocycles. The molecule has 1 unspecified atom stereocenters. The molecule has 0 saturated carbocycles. The summed E-state index contributed by atoms with van der Waals surface area (Å²) in [6, 6.07) is 2.56. The van der Waals surface area contributed by atoms with Gasteiger partial charge in [0.05, 0.1) is 19.3 Å². The molecule has 2 N–H and O–H groups in total. The van der Waals surface area contributed by atoms with Gasteiger partial charge < -0.3 is 20.0 Å². The molecule has 0 aliphatic carbocycles. The Balaban J connectivity index is 3.24. The van der Waals surface area contributed by atoms with Crippen molar-refractivity contribution >= 4 is 11.6 Å². The van der Waals surface area contributed by atoms with Gasteiger partial charge in [0.2, 0.25) is 0 Å². The lowest BCUT2D eigenvalue weighted by molar-refractivity contribution is 0.124. The van der Waals surface area contributed by atoms with E-state index in [0.717, 1.165) is 23.8 Å². The average Bonchev–Trinajstić information content (AvgIpc) is 2.73. The number of halogens is 2. The van der Waals surface area contributed by atoms with Gasteiger partial charge in [-0.05, 0) is 44.0 Å². The zero-order chi connectivity index (χ0) is 22.7. The fraction of sp³-hybridized carbons (Fsp3) is 0.435. The van der Waals surface area contributed by atoms with Crippen LogP contribution in [0.1, 0.15) is 32.8 Å². The highest BCUT2D eigenvalue weighted by Crippen LogP contribution is 2.22. The van der Waals surface area contributed by atoms with Crippen LogP contribution in [0.2, 0.25) is 0 Å². The van der Waals surface area contributed by atoms with Crippen LogP contribution in [-0.2, 0) is 0 Å². The summed E-state index contributed by atoms with van der Waals surface area (Å²) < 4.78 is 28.0. The van der Waals surface area contributed by atoms with Crippen molar-refractivity contribution in [3.8, 4) is 0 Å². The molecule has 0 fully saturated rings. The molecule has 0 aliphatic heterocycles. The minimum Gasteiger partial charge on any atom is -0.394 e.